The molecule has 0 saturated heterocycles. The summed E-state index contributed by atoms with van der Waals surface area (Å²) in [7, 11) is 1.43. The summed E-state index contributed by atoms with van der Waals surface area (Å²) in [5.41, 5.74) is 6.25. The van der Waals surface area contributed by atoms with Crippen molar-refractivity contribution in [2.24, 2.45) is 0 Å². The molecule has 4 nitrogen and oxygen atoms in total. The number of benzene rings is 1. The summed E-state index contributed by atoms with van der Waals surface area (Å²) in [5, 5.41) is 0.330. The molecule has 0 aliphatic carbocycles. The third kappa shape index (κ3) is 2.61. The summed E-state index contributed by atoms with van der Waals surface area (Å²) < 4.78 is 9.30. The molecule has 0 saturated carbocycles. The third-order valence-electron chi connectivity index (χ3n) is 1.54. The van der Waals surface area contributed by atoms with Gasteiger partial charge in [-0.05, 0) is 18.2 Å². The maximum Gasteiger partial charge on any atom is 0.340 e. The molecule has 5 heteroatoms. The van der Waals surface area contributed by atoms with Crippen LogP contribution in [0.25, 0.3) is 0 Å². The van der Waals surface area contributed by atoms with Gasteiger partial charge in [-0.25, -0.2) is 4.79 Å². The molecule has 0 aliphatic rings. The SMILES string of the molecule is COCOC(=O)c1ccc(N)c(Cl)c1. The number of carbonyl (C=O) groups is 1. The molecular formula is C9H10ClNO3. The number of ether oxygens (including phenoxy) is 2. The topological polar surface area (TPSA) is 61.5 Å². The van der Waals surface area contributed by atoms with E-state index in [1.54, 1.807) is 12.1 Å². The van der Waals surface area contributed by atoms with Crippen molar-refractivity contribution in [2.45, 2.75) is 0 Å². The molecule has 0 heterocycles. The summed E-state index contributed by atoms with van der Waals surface area (Å²) in [6.45, 7) is -0.0825. The Labute approximate surface area is 86.6 Å². The van der Waals surface area contributed by atoms with E-state index in [0.717, 1.165) is 0 Å². The summed E-state index contributed by atoms with van der Waals surface area (Å²) >= 11 is 5.73. The van der Waals surface area contributed by atoms with E-state index in [4.69, 9.17) is 22.1 Å². The van der Waals surface area contributed by atoms with Gasteiger partial charge in [-0.1, -0.05) is 11.6 Å². The smallest absolute Gasteiger partial charge is 0.340 e. The van der Waals surface area contributed by atoms with Gasteiger partial charge in [0.15, 0.2) is 6.79 Å². The Morgan fingerprint density at radius 1 is 1.57 bits per heavy atom. The molecule has 0 unspecified atom stereocenters. The molecule has 0 atom stereocenters. The highest BCUT2D eigenvalue weighted by atomic mass is 35.5. The van der Waals surface area contributed by atoms with Crippen LogP contribution < -0.4 is 5.73 Å². The number of anilines is 1. The van der Waals surface area contributed by atoms with Crippen molar-refractivity contribution >= 4 is 23.3 Å². The standard InChI is InChI=1S/C9H10ClNO3/c1-13-5-14-9(12)6-2-3-8(11)7(10)4-6/h2-4H,5,11H2,1H3. The van der Waals surface area contributed by atoms with Crippen LogP contribution in [0.2, 0.25) is 5.02 Å². The highest BCUT2D eigenvalue weighted by Gasteiger charge is 2.08. The average molecular weight is 216 g/mol. The molecular weight excluding hydrogens is 206 g/mol. The number of nitrogens with two attached hydrogens (primary N) is 1. The Hall–Kier alpha value is -1.26. The van der Waals surface area contributed by atoms with Gasteiger partial charge in [0.1, 0.15) is 0 Å². The number of halogens is 1. The lowest BCUT2D eigenvalue weighted by Crippen LogP contribution is -2.07. The zero-order valence-electron chi connectivity index (χ0n) is 7.62. The van der Waals surface area contributed by atoms with Gasteiger partial charge in [-0.3, -0.25) is 0 Å². The number of hydrogen-bond acceptors (Lipinski definition) is 4. The lowest BCUT2D eigenvalue weighted by atomic mass is 10.2. The fourth-order valence-electron chi connectivity index (χ4n) is 0.850. The van der Waals surface area contributed by atoms with Crippen LogP contribution in [0.15, 0.2) is 18.2 Å². The molecule has 0 aromatic heterocycles. The summed E-state index contributed by atoms with van der Waals surface area (Å²) in [6.07, 6.45) is 0. The first-order chi connectivity index (χ1) is 6.65. The fourth-order valence-corrected chi connectivity index (χ4v) is 1.03. The minimum absolute atomic E-state index is 0.0825. The van der Waals surface area contributed by atoms with Gasteiger partial charge in [0.2, 0.25) is 0 Å². The molecule has 0 bridgehead atoms. The molecule has 1 aromatic rings. The van der Waals surface area contributed by atoms with Crippen LogP contribution in [0.1, 0.15) is 10.4 Å². The molecule has 2 N–H and O–H groups in total. The molecule has 1 aromatic carbocycles. The summed E-state index contributed by atoms with van der Waals surface area (Å²) in [5.74, 6) is -0.492. The van der Waals surface area contributed by atoms with Crippen LogP contribution >= 0.6 is 11.6 Å². The Balaban J connectivity index is 2.76. The van der Waals surface area contributed by atoms with E-state index in [-0.39, 0.29) is 6.79 Å². The number of hydrogen-bond donors (Lipinski definition) is 1. The highest BCUT2D eigenvalue weighted by molar-refractivity contribution is 6.33. The summed E-state index contributed by atoms with van der Waals surface area (Å²) in [6, 6.07) is 4.54. The first-order valence-corrected chi connectivity index (χ1v) is 4.24. The normalized spacial score (nSPS) is 9.86. The van der Waals surface area contributed by atoms with Crippen molar-refractivity contribution in [3.05, 3.63) is 28.8 Å². The Morgan fingerprint density at radius 2 is 2.29 bits per heavy atom. The average Bonchev–Trinajstić information content (AvgIpc) is 2.18. The van der Waals surface area contributed by atoms with E-state index >= 15 is 0 Å². The van der Waals surface area contributed by atoms with E-state index in [0.29, 0.717) is 16.3 Å². The van der Waals surface area contributed by atoms with Gasteiger partial charge in [-0.2, -0.15) is 0 Å². The maximum absolute atomic E-state index is 11.3. The second-order valence-electron chi connectivity index (χ2n) is 2.57. The van der Waals surface area contributed by atoms with Gasteiger partial charge in [0.05, 0.1) is 16.3 Å². The second kappa shape index (κ2) is 4.83. The maximum atomic E-state index is 11.3. The molecule has 14 heavy (non-hydrogen) atoms. The van der Waals surface area contributed by atoms with Crippen LogP contribution in [-0.4, -0.2) is 19.9 Å². The van der Waals surface area contributed by atoms with Gasteiger partial charge < -0.3 is 15.2 Å². The lowest BCUT2D eigenvalue weighted by molar-refractivity contribution is -0.0124. The fraction of sp³-hybridized carbons (Fsp3) is 0.222. The predicted molar refractivity (Wildman–Crippen MR) is 53.2 cm³/mol. The summed E-state index contributed by atoms with van der Waals surface area (Å²) in [4.78, 5) is 11.3. The van der Waals surface area contributed by atoms with Crippen molar-refractivity contribution in [1.82, 2.24) is 0 Å². The van der Waals surface area contributed by atoms with Crippen molar-refractivity contribution in [1.29, 1.82) is 0 Å². The van der Waals surface area contributed by atoms with Gasteiger partial charge in [-0.15, -0.1) is 0 Å². The zero-order chi connectivity index (χ0) is 10.6. The largest absolute Gasteiger partial charge is 0.435 e. The van der Waals surface area contributed by atoms with E-state index in [2.05, 4.69) is 4.74 Å². The van der Waals surface area contributed by atoms with Crippen LogP contribution in [0.4, 0.5) is 5.69 Å². The molecule has 76 valence electrons. The third-order valence-corrected chi connectivity index (χ3v) is 1.87. The van der Waals surface area contributed by atoms with E-state index < -0.39 is 5.97 Å². The first kappa shape index (κ1) is 10.8. The molecule has 0 aliphatic heterocycles. The van der Waals surface area contributed by atoms with Gasteiger partial charge >= 0.3 is 5.97 Å². The van der Waals surface area contributed by atoms with Crippen LogP contribution in [0, 0.1) is 0 Å². The van der Waals surface area contributed by atoms with Gasteiger partial charge in [0, 0.05) is 7.11 Å². The van der Waals surface area contributed by atoms with Crippen molar-refractivity contribution < 1.29 is 14.3 Å². The van der Waals surface area contributed by atoms with Crippen molar-refractivity contribution in [3.63, 3.8) is 0 Å². The highest BCUT2D eigenvalue weighted by Crippen LogP contribution is 2.19. The van der Waals surface area contributed by atoms with E-state index in [1.165, 1.54) is 13.2 Å². The monoisotopic (exact) mass is 215 g/mol. The number of esters is 1. The van der Waals surface area contributed by atoms with Crippen LogP contribution in [-0.2, 0) is 9.47 Å². The van der Waals surface area contributed by atoms with Crippen molar-refractivity contribution in [3.8, 4) is 0 Å². The Kier molecular flexibility index (Phi) is 3.73. The molecule has 0 amide bonds. The number of nitrogen functional groups attached to an aromatic ring is 1. The molecule has 0 radical (unpaired) electrons. The quantitative estimate of drug-likeness (QED) is 0.474. The Morgan fingerprint density at radius 3 is 2.86 bits per heavy atom. The van der Waals surface area contributed by atoms with Crippen LogP contribution in [0.5, 0.6) is 0 Å². The number of carbonyl (C=O) groups excluding carboxylic acids is 1. The van der Waals surface area contributed by atoms with E-state index in [9.17, 15) is 4.79 Å². The minimum Gasteiger partial charge on any atom is -0.435 e. The van der Waals surface area contributed by atoms with Gasteiger partial charge in [0.25, 0.3) is 0 Å². The number of rotatable bonds is 3. The Bertz CT molecular complexity index is 341. The first-order valence-electron chi connectivity index (χ1n) is 3.86. The molecule has 0 fully saturated rings. The molecule has 1 rings (SSSR count). The number of methoxy groups -OCH3 is 1. The minimum atomic E-state index is -0.492. The lowest BCUT2D eigenvalue weighted by Gasteiger charge is -2.04. The van der Waals surface area contributed by atoms with E-state index in [1.807, 2.05) is 0 Å². The second-order valence-corrected chi connectivity index (χ2v) is 2.98. The molecule has 0 spiro atoms. The zero-order valence-corrected chi connectivity index (χ0v) is 8.38. The van der Waals surface area contributed by atoms with Crippen molar-refractivity contribution in [2.75, 3.05) is 19.6 Å². The predicted octanol–water partition coefficient (Wildman–Crippen LogP) is 1.68. The van der Waals surface area contributed by atoms with Crippen LogP contribution in [0.3, 0.4) is 0 Å².